The first-order valence-corrected chi connectivity index (χ1v) is 9.19. The van der Waals surface area contributed by atoms with Gasteiger partial charge in [0.05, 0.1) is 18.8 Å². The molecule has 146 valence electrons. The van der Waals surface area contributed by atoms with Crippen LogP contribution >= 0.6 is 0 Å². The van der Waals surface area contributed by atoms with E-state index in [2.05, 4.69) is 51.6 Å². The quantitative estimate of drug-likeness (QED) is 0.661. The molecule has 0 aliphatic rings. The molecule has 6 nitrogen and oxygen atoms in total. The second kappa shape index (κ2) is 8.71. The number of hydrogen-bond acceptors (Lipinski definition) is 4. The molecule has 3 rings (SSSR count). The van der Waals surface area contributed by atoms with Crippen molar-refractivity contribution < 1.29 is 9.53 Å². The summed E-state index contributed by atoms with van der Waals surface area (Å²) in [7, 11) is 5.64. The van der Waals surface area contributed by atoms with Gasteiger partial charge in [-0.2, -0.15) is 5.10 Å². The average molecular weight is 378 g/mol. The first-order valence-electron chi connectivity index (χ1n) is 9.19. The minimum absolute atomic E-state index is 0.0883. The van der Waals surface area contributed by atoms with Crippen LogP contribution in [0.5, 0.6) is 5.75 Å². The van der Waals surface area contributed by atoms with E-state index < -0.39 is 0 Å². The highest BCUT2D eigenvalue weighted by atomic mass is 16.5. The van der Waals surface area contributed by atoms with E-state index in [1.165, 1.54) is 5.56 Å². The normalized spacial score (nSPS) is 12.0. The molecule has 6 heteroatoms. The highest BCUT2D eigenvalue weighted by Gasteiger charge is 2.17. The van der Waals surface area contributed by atoms with E-state index in [1.54, 1.807) is 13.2 Å². The maximum Gasteiger partial charge on any atom is 0.269 e. The fourth-order valence-electron chi connectivity index (χ4n) is 3.04. The molecule has 0 aliphatic heterocycles. The first-order chi connectivity index (χ1) is 13.5. The third-order valence-corrected chi connectivity index (χ3v) is 4.73. The molecule has 0 unspecified atom stereocenters. The van der Waals surface area contributed by atoms with Gasteiger partial charge in [0.25, 0.3) is 5.91 Å². The van der Waals surface area contributed by atoms with Crippen LogP contribution in [0.3, 0.4) is 0 Å². The number of hydrogen-bond donors (Lipinski definition) is 2. The van der Waals surface area contributed by atoms with Gasteiger partial charge in [0, 0.05) is 12.1 Å². The van der Waals surface area contributed by atoms with E-state index in [0.29, 0.717) is 17.9 Å². The van der Waals surface area contributed by atoms with Crippen LogP contribution in [0.25, 0.3) is 11.3 Å². The van der Waals surface area contributed by atoms with Crippen molar-refractivity contribution in [1.82, 2.24) is 20.4 Å². The summed E-state index contributed by atoms with van der Waals surface area (Å²) in [5.41, 5.74) is 4.40. The van der Waals surface area contributed by atoms with Crippen molar-refractivity contribution in [3.63, 3.8) is 0 Å². The molecule has 0 saturated carbocycles. The van der Waals surface area contributed by atoms with Crippen LogP contribution in [-0.2, 0) is 0 Å². The summed E-state index contributed by atoms with van der Waals surface area (Å²) in [5, 5.41) is 10.1. The van der Waals surface area contributed by atoms with Crippen LogP contribution in [0.15, 0.2) is 54.6 Å². The monoisotopic (exact) mass is 378 g/mol. The number of carbonyl (C=O) groups is 1. The number of aromatic nitrogens is 2. The Morgan fingerprint density at radius 1 is 1.18 bits per heavy atom. The molecule has 0 spiro atoms. The molecule has 0 saturated heterocycles. The number of aryl methyl sites for hydroxylation is 1. The largest absolute Gasteiger partial charge is 0.497 e. The molecule has 1 amide bonds. The zero-order valence-corrected chi connectivity index (χ0v) is 16.7. The van der Waals surface area contributed by atoms with Gasteiger partial charge < -0.3 is 15.0 Å². The molecule has 2 N–H and O–H groups in total. The molecule has 3 aromatic rings. The smallest absolute Gasteiger partial charge is 0.269 e. The summed E-state index contributed by atoms with van der Waals surface area (Å²) < 4.78 is 5.25. The Bertz CT molecular complexity index is 932. The Labute approximate surface area is 165 Å². The Morgan fingerprint density at radius 2 is 1.93 bits per heavy atom. The van der Waals surface area contributed by atoms with Crippen LogP contribution in [0.4, 0.5) is 0 Å². The van der Waals surface area contributed by atoms with E-state index in [9.17, 15) is 4.79 Å². The predicted octanol–water partition coefficient (Wildman–Crippen LogP) is 3.43. The number of nitrogens with one attached hydrogen (secondary N) is 2. The summed E-state index contributed by atoms with van der Waals surface area (Å²) in [4.78, 5) is 14.7. The average Bonchev–Trinajstić information content (AvgIpc) is 3.19. The Kier molecular flexibility index (Phi) is 6.11. The van der Waals surface area contributed by atoms with Gasteiger partial charge in [0.1, 0.15) is 11.4 Å². The summed E-state index contributed by atoms with van der Waals surface area (Å²) in [6.45, 7) is 2.57. The molecule has 1 aromatic heterocycles. The van der Waals surface area contributed by atoms with Crippen LogP contribution in [-0.4, -0.2) is 48.8 Å². The zero-order chi connectivity index (χ0) is 20.1. The fraction of sp³-hybridized carbons (Fsp3) is 0.273. The lowest BCUT2D eigenvalue weighted by atomic mass is 10.0. The van der Waals surface area contributed by atoms with Crippen molar-refractivity contribution in [2.45, 2.75) is 13.0 Å². The lowest BCUT2D eigenvalue weighted by Crippen LogP contribution is -2.34. The SMILES string of the molecule is COc1cccc(-c2cc(C(=O)NC[C@@H](c3ccc(C)cc3)N(C)C)[nH]n2)c1. The molecule has 1 heterocycles. The van der Waals surface area contributed by atoms with Crippen LogP contribution in [0.2, 0.25) is 0 Å². The highest BCUT2D eigenvalue weighted by molar-refractivity contribution is 5.93. The van der Waals surface area contributed by atoms with Crippen LogP contribution in [0.1, 0.15) is 27.7 Å². The van der Waals surface area contributed by atoms with E-state index in [4.69, 9.17) is 4.74 Å². The third kappa shape index (κ3) is 4.58. The fourth-order valence-corrected chi connectivity index (χ4v) is 3.04. The molecule has 28 heavy (non-hydrogen) atoms. The van der Waals surface area contributed by atoms with Crippen molar-refractivity contribution >= 4 is 5.91 Å². The maximum absolute atomic E-state index is 12.6. The minimum Gasteiger partial charge on any atom is -0.497 e. The number of carbonyl (C=O) groups excluding carboxylic acids is 1. The van der Waals surface area contributed by atoms with Gasteiger partial charge in [-0.25, -0.2) is 0 Å². The summed E-state index contributed by atoms with van der Waals surface area (Å²) in [6, 6.07) is 17.8. The van der Waals surface area contributed by atoms with E-state index >= 15 is 0 Å². The van der Waals surface area contributed by atoms with E-state index in [0.717, 1.165) is 16.9 Å². The summed E-state index contributed by atoms with van der Waals surface area (Å²) >= 11 is 0. The maximum atomic E-state index is 12.6. The van der Waals surface area contributed by atoms with Gasteiger partial charge in [-0.05, 0) is 44.8 Å². The number of methoxy groups -OCH3 is 1. The van der Waals surface area contributed by atoms with Gasteiger partial charge in [-0.1, -0.05) is 42.0 Å². The standard InChI is InChI=1S/C22H26N4O2/c1-15-8-10-16(11-9-15)21(26(2)3)14-23-22(27)20-13-19(24-25-20)17-6-5-7-18(12-17)28-4/h5-13,21H,14H2,1-4H3,(H,23,27)(H,24,25)/t21-/m0/s1. The van der Waals surface area contributed by atoms with Crippen molar-refractivity contribution in [2.75, 3.05) is 27.7 Å². The topological polar surface area (TPSA) is 70.2 Å². The summed E-state index contributed by atoms with van der Waals surface area (Å²) in [5.74, 6) is 0.569. The molecule has 0 radical (unpaired) electrons. The molecule has 0 bridgehead atoms. The molecule has 0 fully saturated rings. The van der Waals surface area contributed by atoms with Crippen LogP contribution in [0, 0.1) is 6.92 Å². The lowest BCUT2D eigenvalue weighted by molar-refractivity contribution is 0.0937. The van der Waals surface area contributed by atoms with Gasteiger partial charge in [0.15, 0.2) is 0 Å². The van der Waals surface area contributed by atoms with E-state index in [1.807, 2.05) is 38.4 Å². The molecular formula is C22H26N4O2. The van der Waals surface area contributed by atoms with Gasteiger partial charge in [0.2, 0.25) is 0 Å². The Hall–Kier alpha value is -3.12. The van der Waals surface area contributed by atoms with Gasteiger partial charge in [-0.3, -0.25) is 9.89 Å². The van der Waals surface area contributed by atoms with Gasteiger partial charge >= 0.3 is 0 Å². The number of ether oxygens (including phenoxy) is 1. The molecule has 2 aromatic carbocycles. The second-order valence-electron chi connectivity index (χ2n) is 7.00. The number of benzene rings is 2. The lowest BCUT2D eigenvalue weighted by Gasteiger charge is -2.25. The third-order valence-electron chi connectivity index (χ3n) is 4.73. The highest BCUT2D eigenvalue weighted by Crippen LogP contribution is 2.23. The van der Waals surface area contributed by atoms with Crippen molar-refractivity contribution in [3.8, 4) is 17.0 Å². The molecular weight excluding hydrogens is 352 g/mol. The molecule has 1 atom stereocenters. The number of H-pyrrole nitrogens is 1. The second-order valence-corrected chi connectivity index (χ2v) is 7.00. The Morgan fingerprint density at radius 3 is 2.61 bits per heavy atom. The Balaban J connectivity index is 1.69. The number of likely N-dealkylation sites (N-methyl/N-ethyl adjacent to an activating group) is 1. The molecule has 0 aliphatic carbocycles. The first kappa shape index (κ1) is 19.6. The zero-order valence-electron chi connectivity index (χ0n) is 16.7. The van der Waals surface area contributed by atoms with Crippen LogP contribution < -0.4 is 10.1 Å². The van der Waals surface area contributed by atoms with Gasteiger partial charge in [-0.15, -0.1) is 0 Å². The number of amides is 1. The van der Waals surface area contributed by atoms with Crippen molar-refractivity contribution in [2.24, 2.45) is 0 Å². The number of rotatable bonds is 7. The van der Waals surface area contributed by atoms with Crippen molar-refractivity contribution in [1.29, 1.82) is 0 Å². The number of aromatic amines is 1. The summed E-state index contributed by atoms with van der Waals surface area (Å²) in [6.07, 6.45) is 0. The van der Waals surface area contributed by atoms with E-state index in [-0.39, 0.29) is 11.9 Å². The number of nitrogens with zero attached hydrogens (tertiary/aromatic N) is 2. The predicted molar refractivity (Wildman–Crippen MR) is 111 cm³/mol. The van der Waals surface area contributed by atoms with Crippen molar-refractivity contribution in [3.05, 3.63) is 71.4 Å². The minimum atomic E-state index is -0.180.